The number of carbonyl (C=O) groups excluding carboxylic acids is 2. The van der Waals surface area contributed by atoms with Crippen molar-refractivity contribution in [3.63, 3.8) is 0 Å². The van der Waals surface area contributed by atoms with Crippen LogP contribution in [0.5, 0.6) is 0 Å². The topological polar surface area (TPSA) is 61.4 Å². The Morgan fingerprint density at radius 3 is 2.57 bits per heavy atom. The number of aromatic nitrogens is 1. The Balaban J connectivity index is 1.49. The maximum absolute atomic E-state index is 12.7. The average Bonchev–Trinajstić information content (AvgIpc) is 3.39. The highest BCUT2D eigenvalue weighted by atomic mass is 16.5. The average molecular weight is 386 g/mol. The molecule has 0 saturated carbocycles. The Labute approximate surface area is 167 Å². The molecule has 1 aliphatic heterocycles. The van der Waals surface area contributed by atoms with E-state index < -0.39 is 0 Å². The van der Waals surface area contributed by atoms with Crippen molar-refractivity contribution in [2.75, 3.05) is 6.61 Å². The molecule has 0 bridgehead atoms. The molecule has 0 radical (unpaired) electrons. The molecule has 0 saturated heterocycles. The van der Waals surface area contributed by atoms with Gasteiger partial charge < -0.3 is 13.7 Å². The second kappa shape index (κ2) is 9.76. The number of aryl methyl sites for hydroxylation is 1. The number of ether oxygens (including phenoxy) is 1. The van der Waals surface area contributed by atoms with Gasteiger partial charge in [-0.3, -0.25) is 9.59 Å². The molecule has 0 spiro atoms. The second-order valence-corrected chi connectivity index (χ2v) is 7.69. The van der Waals surface area contributed by atoms with Gasteiger partial charge in [0, 0.05) is 12.2 Å². The van der Waals surface area contributed by atoms with Crippen LogP contribution in [0.3, 0.4) is 0 Å². The van der Waals surface area contributed by atoms with Gasteiger partial charge >= 0.3 is 5.97 Å². The number of fused-ring (bicyclic) bond motifs is 1. The number of furan rings is 1. The lowest BCUT2D eigenvalue weighted by Gasteiger charge is -2.10. The Hall–Kier alpha value is -2.30. The van der Waals surface area contributed by atoms with Crippen LogP contribution in [0.1, 0.15) is 91.7 Å². The van der Waals surface area contributed by atoms with Gasteiger partial charge in [-0.05, 0) is 43.5 Å². The van der Waals surface area contributed by atoms with Gasteiger partial charge in [0.25, 0.3) is 0 Å². The SMILES string of the molecule is CCCCCCCCCOC(=O)C1CCn2c(C(=O)c3occc3C)ccc21. The summed E-state index contributed by atoms with van der Waals surface area (Å²) in [5.74, 6) is -0.212. The highest BCUT2D eigenvalue weighted by molar-refractivity contribution is 6.07. The summed E-state index contributed by atoms with van der Waals surface area (Å²) < 4.78 is 12.8. The summed E-state index contributed by atoms with van der Waals surface area (Å²) in [4.78, 5) is 25.2. The van der Waals surface area contributed by atoms with E-state index in [-0.39, 0.29) is 17.7 Å². The summed E-state index contributed by atoms with van der Waals surface area (Å²) in [6.07, 6.45) is 10.6. The Bertz CT molecular complexity index is 801. The molecule has 0 aliphatic carbocycles. The first-order valence-electron chi connectivity index (χ1n) is 10.6. The number of hydrogen-bond acceptors (Lipinski definition) is 4. The summed E-state index contributed by atoms with van der Waals surface area (Å²) in [6.45, 7) is 5.21. The highest BCUT2D eigenvalue weighted by Gasteiger charge is 2.33. The Morgan fingerprint density at radius 1 is 1.11 bits per heavy atom. The summed E-state index contributed by atoms with van der Waals surface area (Å²) in [7, 11) is 0. The van der Waals surface area contributed by atoms with Crippen molar-refractivity contribution in [3.05, 3.63) is 47.2 Å². The molecule has 28 heavy (non-hydrogen) atoms. The zero-order chi connectivity index (χ0) is 19.9. The highest BCUT2D eigenvalue weighted by Crippen LogP contribution is 2.32. The lowest BCUT2D eigenvalue weighted by Crippen LogP contribution is -2.14. The van der Waals surface area contributed by atoms with Gasteiger partial charge in [0.05, 0.1) is 24.5 Å². The summed E-state index contributed by atoms with van der Waals surface area (Å²) in [5, 5.41) is 0. The Morgan fingerprint density at radius 2 is 1.86 bits per heavy atom. The molecular weight excluding hydrogens is 354 g/mol. The molecule has 2 aromatic heterocycles. The summed E-state index contributed by atoms with van der Waals surface area (Å²) in [6, 6.07) is 5.44. The molecule has 0 amide bonds. The van der Waals surface area contributed by atoms with E-state index in [0.29, 0.717) is 31.0 Å². The van der Waals surface area contributed by atoms with E-state index in [0.717, 1.165) is 24.1 Å². The van der Waals surface area contributed by atoms with E-state index in [4.69, 9.17) is 9.15 Å². The Kier molecular flexibility index (Phi) is 7.12. The first-order valence-corrected chi connectivity index (χ1v) is 10.6. The number of unbranched alkanes of at least 4 members (excludes halogenated alkanes) is 6. The van der Waals surface area contributed by atoms with Gasteiger partial charge in [-0.1, -0.05) is 45.4 Å². The van der Waals surface area contributed by atoms with Crippen molar-refractivity contribution in [1.82, 2.24) is 4.57 Å². The van der Waals surface area contributed by atoms with E-state index in [9.17, 15) is 9.59 Å². The van der Waals surface area contributed by atoms with Crippen LogP contribution >= 0.6 is 0 Å². The molecule has 0 aromatic carbocycles. The number of esters is 1. The van der Waals surface area contributed by atoms with Crippen LogP contribution in [0.15, 0.2) is 28.9 Å². The molecule has 152 valence electrons. The van der Waals surface area contributed by atoms with Crippen LogP contribution in [0, 0.1) is 6.92 Å². The van der Waals surface area contributed by atoms with Crippen molar-refractivity contribution in [1.29, 1.82) is 0 Å². The minimum absolute atomic E-state index is 0.133. The van der Waals surface area contributed by atoms with E-state index in [1.807, 2.05) is 17.6 Å². The molecule has 1 unspecified atom stereocenters. The van der Waals surface area contributed by atoms with E-state index in [2.05, 4.69) is 6.92 Å². The number of nitrogens with zero attached hydrogens (tertiary/aromatic N) is 1. The predicted molar refractivity (Wildman–Crippen MR) is 108 cm³/mol. The fourth-order valence-corrected chi connectivity index (χ4v) is 3.93. The van der Waals surface area contributed by atoms with Crippen molar-refractivity contribution < 1.29 is 18.7 Å². The fraction of sp³-hybridized carbons (Fsp3) is 0.565. The van der Waals surface area contributed by atoms with Gasteiger partial charge in [0.1, 0.15) is 0 Å². The normalized spacial score (nSPS) is 15.6. The standard InChI is InChI=1S/C23H31NO4/c1-3-4-5-6-7-8-9-15-28-23(26)18-12-14-24-19(18)10-11-20(24)21(25)22-17(2)13-16-27-22/h10-11,13,16,18H,3-9,12,14-15H2,1-2H3. The third-order valence-electron chi connectivity index (χ3n) is 5.59. The maximum Gasteiger partial charge on any atom is 0.315 e. The first kappa shape index (κ1) is 20.4. The monoisotopic (exact) mass is 385 g/mol. The number of hydrogen-bond donors (Lipinski definition) is 0. The van der Waals surface area contributed by atoms with Crippen LogP contribution in [-0.2, 0) is 16.1 Å². The lowest BCUT2D eigenvalue weighted by molar-refractivity contribution is -0.145. The third kappa shape index (κ3) is 4.57. The molecule has 0 N–H and O–H groups in total. The summed E-state index contributed by atoms with van der Waals surface area (Å²) >= 11 is 0. The molecule has 5 heteroatoms. The van der Waals surface area contributed by atoms with Crippen molar-refractivity contribution in [2.45, 2.75) is 77.7 Å². The quantitative estimate of drug-likeness (QED) is 0.295. The molecule has 5 nitrogen and oxygen atoms in total. The van der Waals surface area contributed by atoms with Gasteiger partial charge in [-0.25, -0.2) is 0 Å². The predicted octanol–water partition coefficient (Wildman–Crippen LogP) is 5.40. The molecule has 1 atom stereocenters. The van der Waals surface area contributed by atoms with E-state index in [1.54, 1.807) is 12.1 Å². The maximum atomic E-state index is 12.7. The molecule has 0 fully saturated rings. The minimum Gasteiger partial charge on any atom is -0.465 e. The van der Waals surface area contributed by atoms with Crippen LogP contribution < -0.4 is 0 Å². The van der Waals surface area contributed by atoms with Crippen LogP contribution in [0.4, 0.5) is 0 Å². The van der Waals surface area contributed by atoms with Crippen LogP contribution in [0.2, 0.25) is 0 Å². The zero-order valence-corrected chi connectivity index (χ0v) is 17.0. The van der Waals surface area contributed by atoms with Crippen LogP contribution in [0.25, 0.3) is 0 Å². The number of ketones is 1. The summed E-state index contributed by atoms with van der Waals surface area (Å²) in [5.41, 5.74) is 2.27. The number of carbonyl (C=O) groups is 2. The van der Waals surface area contributed by atoms with Gasteiger partial charge in [0.15, 0.2) is 5.76 Å². The van der Waals surface area contributed by atoms with Gasteiger partial charge in [0.2, 0.25) is 5.78 Å². The lowest BCUT2D eigenvalue weighted by atomic mass is 10.1. The molecule has 2 aromatic rings. The number of rotatable bonds is 11. The second-order valence-electron chi connectivity index (χ2n) is 7.69. The van der Waals surface area contributed by atoms with Crippen molar-refractivity contribution in [3.8, 4) is 0 Å². The van der Waals surface area contributed by atoms with E-state index >= 15 is 0 Å². The largest absolute Gasteiger partial charge is 0.465 e. The fourth-order valence-electron chi connectivity index (χ4n) is 3.93. The van der Waals surface area contributed by atoms with Crippen molar-refractivity contribution >= 4 is 11.8 Å². The molecule has 3 heterocycles. The van der Waals surface area contributed by atoms with E-state index in [1.165, 1.54) is 38.4 Å². The minimum atomic E-state index is -0.274. The first-order chi connectivity index (χ1) is 13.6. The smallest absolute Gasteiger partial charge is 0.315 e. The molecular formula is C23H31NO4. The van der Waals surface area contributed by atoms with Crippen LogP contribution in [-0.4, -0.2) is 22.9 Å². The van der Waals surface area contributed by atoms with Gasteiger partial charge in [-0.15, -0.1) is 0 Å². The van der Waals surface area contributed by atoms with Crippen molar-refractivity contribution in [2.24, 2.45) is 0 Å². The zero-order valence-electron chi connectivity index (χ0n) is 17.0. The molecule has 3 rings (SSSR count). The third-order valence-corrected chi connectivity index (χ3v) is 5.59. The molecule has 1 aliphatic rings. The van der Waals surface area contributed by atoms with Gasteiger partial charge in [-0.2, -0.15) is 0 Å².